The Morgan fingerprint density at radius 2 is 0.808 bits per heavy atom. The molecule has 8 heteroatoms. The highest BCUT2D eigenvalue weighted by Gasteiger charge is 2.54. The van der Waals surface area contributed by atoms with Crippen LogP contribution in [0.25, 0.3) is 0 Å². The summed E-state index contributed by atoms with van der Waals surface area (Å²) in [6, 6.07) is 3.57. The van der Waals surface area contributed by atoms with Crippen LogP contribution in [0.15, 0.2) is 12.1 Å². The van der Waals surface area contributed by atoms with Crippen molar-refractivity contribution in [1.82, 2.24) is 0 Å². The Hall–Kier alpha value is -0.230. The zero-order chi connectivity index (χ0) is 19.7. The normalized spacial score (nSPS) is 25.8. The maximum absolute atomic E-state index is 6.56. The van der Waals surface area contributed by atoms with Gasteiger partial charge in [-0.15, -0.1) is 0 Å². The van der Waals surface area contributed by atoms with E-state index in [2.05, 4.69) is 0 Å². The van der Waals surface area contributed by atoms with Crippen molar-refractivity contribution in [2.75, 3.05) is 0 Å². The molecule has 1 aromatic rings. The zero-order valence-electron chi connectivity index (χ0n) is 16.7. The van der Waals surface area contributed by atoms with Crippen LogP contribution in [-0.2, 0) is 18.6 Å². The first-order valence-electron chi connectivity index (χ1n) is 8.87. The van der Waals surface area contributed by atoms with Crippen LogP contribution in [0.1, 0.15) is 55.4 Å². The molecule has 0 saturated carbocycles. The van der Waals surface area contributed by atoms with Crippen LogP contribution in [0.4, 0.5) is 0 Å². The van der Waals surface area contributed by atoms with Crippen molar-refractivity contribution in [3.05, 3.63) is 22.2 Å². The summed E-state index contributed by atoms with van der Waals surface area (Å²) in [4.78, 5) is 0. The summed E-state index contributed by atoms with van der Waals surface area (Å²) < 4.78 is 24.4. The Labute approximate surface area is 167 Å². The average Bonchev–Trinajstić information content (AvgIpc) is 2.80. The van der Waals surface area contributed by atoms with Gasteiger partial charge in [0.05, 0.1) is 22.4 Å². The molecule has 0 bridgehead atoms. The van der Waals surface area contributed by atoms with E-state index in [1.807, 2.05) is 55.4 Å². The van der Waals surface area contributed by atoms with Gasteiger partial charge in [-0.1, -0.05) is 23.2 Å². The zero-order valence-corrected chi connectivity index (χ0v) is 18.2. The third kappa shape index (κ3) is 3.23. The smallest absolute Gasteiger partial charge is 0.399 e. The third-order valence-electron chi connectivity index (χ3n) is 6.13. The fraction of sp³-hybridized carbons (Fsp3) is 0.667. The molecule has 0 N–H and O–H groups in total. The van der Waals surface area contributed by atoms with Crippen molar-refractivity contribution < 1.29 is 18.6 Å². The monoisotopic (exact) mass is 398 g/mol. The Bertz CT molecular complexity index is 640. The van der Waals surface area contributed by atoms with E-state index in [0.717, 1.165) is 0 Å². The number of halogens is 2. The molecule has 0 spiro atoms. The van der Waals surface area contributed by atoms with Crippen LogP contribution in [0.3, 0.4) is 0 Å². The van der Waals surface area contributed by atoms with Crippen molar-refractivity contribution in [1.29, 1.82) is 0 Å². The molecule has 2 aliphatic heterocycles. The number of hydrogen-bond acceptors (Lipinski definition) is 4. The van der Waals surface area contributed by atoms with Gasteiger partial charge in [-0.3, -0.25) is 0 Å². The maximum Gasteiger partial charge on any atom is 0.496 e. The fourth-order valence-electron chi connectivity index (χ4n) is 2.88. The van der Waals surface area contributed by atoms with Gasteiger partial charge in [0.15, 0.2) is 0 Å². The summed E-state index contributed by atoms with van der Waals surface area (Å²) in [7, 11) is -1.14. The Morgan fingerprint density at radius 1 is 0.577 bits per heavy atom. The summed E-state index contributed by atoms with van der Waals surface area (Å²) >= 11 is 13.1. The topological polar surface area (TPSA) is 36.9 Å². The van der Waals surface area contributed by atoms with Crippen LogP contribution in [0.5, 0.6) is 0 Å². The lowest BCUT2D eigenvalue weighted by Gasteiger charge is -2.32. The lowest BCUT2D eigenvalue weighted by atomic mass is 9.73. The average molecular weight is 399 g/mol. The minimum Gasteiger partial charge on any atom is -0.399 e. The predicted molar refractivity (Wildman–Crippen MR) is 108 cm³/mol. The highest BCUT2D eigenvalue weighted by molar-refractivity contribution is 6.69. The van der Waals surface area contributed by atoms with E-state index in [4.69, 9.17) is 41.8 Å². The first-order chi connectivity index (χ1) is 11.7. The van der Waals surface area contributed by atoms with Gasteiger partial charge in [-0.05, 0) is 67.5 Å². The standard InChI is InChI=1S/C18H26B2Cl2O4/c1-15(2)16(3,4)24-19(23-15)11-9-14(22)12(10-13(11)21)20-25-17(5,6)18(7,8)26-20/h9-10H,1-8H3. The van der Waals surface area contributed by atoms with E-state index in [1.54, 1.807) is 12.1 Å². The highest BCUT2D eigenvalue weighted by Crippen LogP contribution is 2.38. The number of hydrogen-bond donors (Lipinski definition) is 0. The van der Waals surface area contributed by atoms with Crippen molar-refractivity contribution in [2.45, 2.75) is 77.8 Å². The molecular weight excluding hydrogens is 373 g/mol. The predicted octanol–water partition coefficient (Wildman–Crippen LogP) is 3.59. The maximum atomic E-state index is 6.56. The molecule has 0 atom stereocenters. The molecule has 142 valence electrons. The van der Waals surface area contributed by atoms with Gasteiger partial charge in [0, 0.05) is 21.0 Å². The Balaban J connectivity index is 1.92. The minimum atomic E-state index is -0.572. The molecule has 0 aromatic heterocycles. The van der Waals surface area contributed by atoms with Gasteiger partial charge in [0.1, 0.15) is 0 Å². The second kappa shape index (κ2) is 6.13. The molecule has 26 heavy (non-hydrogen) atoms. The quantitative estimate of drug-likeness (QED) is 0.713. The first kappa shape index (κ1) is 20.5. The van der Waals surface area contributed by atoms with Crippen LogP contribution in [-0.4, -0.2) is 36.6 Å². The Morgan fingerprint density at radius 3 is 1.04 bits per heavy atom. The third-order valence-corrected chi connectivity index (χ3v) is 6.79. The molecule has 4 nitrogen and oxygen atoms in total. The number of benzene rings is 1. The van der Waals surface area contributed by atoms with Crippen LogP contribution >= 0.6 is 23.2 Å². The number of rotatable bonds is 2. The van der Waals surface area contributed by atoms with Crippen LogP contribution in [0.2, 0.25) is 10.0 Å². The summed E-state index contributed by atoms with van der Waals surface area (Å²) in [5.41, 5.74) is -0.378. The van der Waals surface area contributed by atoms with Crippen molar-refractivity contribution >= 4 is 48.4 Å². The van der Waals surface area contributed by atoms with Crippen molar-refractivity contribution in [3.8, 4) is 0 Å². The van der Waals surface area contributed by atoms with Gasteiger partial charge < -0.3 is 18.6 Å². The minimum absolute atomic E-state index is 0.447. The lowest BCUT2D eigenvalue weighted by Crippen LogP contribution is -2.41. The van der Waals surface area contributed by atoms with Gasteiger partial charge >= 0.3 is 14.2 Å². The summed E-state index contributed by atoms with van der Waals surface area (Å²) in [5, 5.41) is 1.02. The largest absolute Gasteiger partial charge is 0.496 e. The summed E-state index contributed by atoms with van der Waals surface area (Å²) in [5.74, 6) is 0. The highest BCUT2D eigenvalue weighted by atomic mass is 35.5. The lowest BCUT2D eigenvalue weighted by molar-refractivity contribution is 0.00578. The van der Waals surface area contributed by atoms with E-state index in [0.29, 0.717) is 21.0 Å². The van der Waals surface area contributed by atoms with E-state index in [9.17, 15) is 0 Å². The van der Waals surface area contributed by atoms with Crippen molar-refractivity contribution in [2.24, 2.45) is 0 Å². The molecule has 3 rings (SSSR count). The fourth-order valence-corrected chi connectivity index (χ4v) is 3.40. The first-order valence-corrected chi connectivity index (χ1v) is 9.63. The van der Waals surface area contributed by atoms with Crippen LogP contribution < -0.4 is 10.9 Å². The second-order valence-electron chi connectivity index (χ2n) is 9.07. The van der Waals surface area contributed by atoms with Crippen molar-refractivity contribution in [3.63, 3.8) is 0 Å². The molecule has 2 fully saturated rings. The van der Waals surface area contributed by atoms with Gasteiger partial charge in [0.2, 0.25) is 0 Å². The molecular formula is C18H26B2Cl2O4. The van der Waals surface area contributed by atoms with Crippen LogP contribution in [0, 0.1) is 0 Å². The molecule has 2 aliphatic rings. The summed E-state index contributed by atoms with van der Waals surface area (Å²) in [6.45, 7) is 16.0. The van der Waals surface area contributed by atoms with Gasteiger partial charge in [-0.2, -0.15) is 0 Å². The van der Waals surface area contributed by atoms with Gasteiger partial charge in [-0.25, -0.2) is 0 Å². The SMILES string of the molecule is CC1(C)OB(c2cc(Cl)c(B3OC(C)(C)C(C)(C)O3)cc2Cl)OC1(C)C. The molecule has 2 saturated heterocycles. The molecule has 0 aliphatic carbocycles. The van der Waals surface area contributed by atoms with E-state index in [-0.39, 0.29) is 0 Å². The van der Waals surface area contributed by atoms with E-state index < -0.39 is 36.6 Å². The molecule has 0 amide bonds. The molecule has 0 radical (unpaired) electrons. The Kier molecular flexibility index (Phi) is 4.84. The van der Waals surface area contributed by atoms with E-state index >= 15 is 0 Å². The van der Waals surface area contributed by atoms with Gasteiger partial charge in [0.25, 0.3) is 0 Å². The molecule has 0 unspecified atom stereocenters. The second-order valence-corrected chi connectivity index (χ2v) is 9.89. The molecule has 1 aromatic carbocycles. The van der Waals surface area contributed by atoms with E-state index in [1.165, 1.54) is 0 Å². The summed E-state index contributed by atoms with van der Waals surface area (Å²) in [6.07, 6.45) is 0. The molecule has 2 heterocycles.